The van der Waals surface area contributed by atoms with Gasteiger partial charge in [0.05, 0.1) is 6.10 Å². The highest BCUT2D eigenvalue weighted by molar-refractivity contribution is 4.87. The first-order valence-electron chi connectivity index (χ1n) is 8.06. The summed E-state index contributed by atoms with van der Waals surface area (Å²) < 4.78 is 5.64. The van der Waals surface area contributed by atoms with Crippen LogP contribution < -0.4 is 5.32 Å². The maximum Gasteiger partial charge on any atom is 0.0724 e. The van der Waals surface area contributed by atoms with E-state index in [9.17, 15) is 0 Å². The summed E-state index contributed by atoms with van der Waals surface area (Å²) in [5.41, 5.74) is 0. The van der Waals surface area contributed by atoms with Crippen LogP contribution in [0.25, 0.3) is 0 Å². The van der Waals surface area contributed by atoms with Crippen molar-refractivity contribution in [1.29, 1.82) is 0 Å². The van der Waals surface area contributed by atoms with Crippen molar-refractivity contribution in [3.05, 3.63) is 0 Å². The molecule has 3 heteroatoms. The maximum atomic E-state index is 5.64. The van der Waals surface area contributed by atoms with Crippen LogP contribution in [0.15, 0.2) is 0 Å². The summed E-state index contributed by atoms with van der Waals surface area (Å²) in [6.07, 6.45) is 5.84. The van der Waals surface area contributed by atoms with Gasteiger partial charge in [0.15, 0.2) is 0 Å². The van der Waals surface area contributed by atoms with Gasteiger partial charge in [-0.25, -0.2) is 0 Å². The molecule has 19 heavy (non-hydrogen) atoms. The number of nitrogens with one attached hydrogen (secondary N) is 1. The van der Waals surface area contributed by atoms with Gasteiger partial charge in [-0.2, -0.15) is 0 Å². The van der Waals surface area contributed by atoms with E-state index in [1.807, 2.05) is 7.11 Å². The van der Waals surface area contributed by atoms with Crippen molar-refractivity contribution >= 4 is 0 Å². The summed E-state index contributed by atoms with van der Waals surface area (Å²) in [6, 6.07) is 0.719. The third-order valence-electron chi connectivity index (χ3n) is 5.38. The zero-order valence-corrected chi connectivity index (χ0v) is 13.2. The number of likely N-dealkylation sites (tertiary alicyclic amines) is 1. The molecule has 1 aliphatic heterocycles. The van der Waals surface area contributed by atoms with Gasteiger partial charge in [-0.1, -0.05) is 13.8 Å². The van der Waals surface area contributed by atoms with Crippen molar-refractivity contribution in [2.24, 2.45) is 17.8 Å². The van der Waals surface area contributed by atoms with Crippen molar-refractivity contribution < 1.29 is 4.74 Å². The molecule has 2 fully saturated rings. The molecule has 1 saturated carbocycles. The van der Waals surface area contributed by atoms with Crippen molar-refractivity contribution in [3.63, 3.8) is 0 Å². The molecule has 0 amide bonds. The fourth-order valence-electron chi connectivity index (χ4n) is 3.98. The Labute approximate surface area is 119 Å². The fraction of sp³-hybridized carbons (Fsp3) is 1.00. The second-order valence-corrected chi connectivity index (χ2v) is 6.87. The predicted molar refractivity (Wildman–Crippen MR) is 80.4 cm³/mol. The summed E-state index contributed by atoms with van der Waals surface area (Å²) in [4.78, 5) is 2.64. The molecule has 3 nitrogen and oxygen atoms in total. The first-order valence-corrected chi connectivity index (χ1v) is 8.06. The molecule has 112 valence electrons. The standard InChI is InChI=1S/C16H32N2O/c1-12-5-6-15(17-3)14(9-12)10-18-8-7-13(2)16(11-18)19-4/h12-17H,5-11H2,1-4H3. The molecule has 5 unspecified atom stereocenters. The van der Waals surface area contributed by atoms with E-state index in [0.29, 0.717) is 12.0 Å². The molecule has 0 aromatic carbocycles. The third kappa shape index (κ3) is 3.93. The van der Waals surface area contributed by atoms with E-state index >= 15 is 0 Å². The normalized spacial score (nSPS) is 41.4. The van der Waals surface area contributed by atoms with Crippen LogP contribution in [-0.2, 0) is 4.74 Å². The van der Waals surface area contributed by atoms with Crippen LogP contribution in [0.1, 0.15) is 39.5 Å². The van der Waals surface area contributed by atoms with Crippen LogP contribution in [0.2, 0.25) is 0 Å². The minimum absolute atomic E-state index is 0.433. The van der Waals surface area contributed by atoms with Crippen LogP contribution in [0.4, 0.5) is 0 Å². The molecule has 1 saturated heterocycles. The van der Waals surface area contributed by atoms with Gasteiger partial charge in [0.1, 0.15) is 0 Å². The zero-order chi connectivity index (χ0) is 13.8. The molecule has 2 rings (SSSR count). The molecular weight excluding hydrogens is 236 g/mol. The number of methoxy groups -OCH3 is 1. The molecule has 0 spiro atoms. The Balaban J connectivity index is 1.88. The molecular formula is C16H32N2O. The number of piperidine rings is 1. The molecule has 1 N–H and O–H groups in total. The SMILES string of the molecule is CNC1CCC(C)CC1CN1CCC(C)C(OC)C1. The van der Waals surface area contributed by atoms with Crippen molar-refractivity contribution in [1.82, 2.24) is 10.2 Å². The van der Waals surface area contributed by atoms with Gasteiger partial charge >= 0.3 is 0 Å². The number of hydrogen-bond donors (Lipinski definition) is 1. The number of rotatable bonds is 4. The van der Waals surface area contributed by atoms with E-state index in [0.717, 1.165) is 24.4 Å². The minimum Gasteiger partial charge on any atom is -0.380 e. The fourth-order valence-corrected chi connectivity index (χ4v) is 3.98. The maximum absolute atomic E-state index is 5.64. The van der Waals surface area contributed by atoms with Gasteiger partial charge in [0.2, 0.25) is 0 Å². The topological polar surface area (TPSA) is 24.5 Å². The lowest BCUT2D eigenvalue weighted by Gasteiger charge is -2.41. The first-order chi connectivity index (χ1) is 9.13. The lowest BCUT2D eigenvalue weighted by atomic mass is 9.78. The largest absolute Gasteiger partial charge is 0.380 e. The predicted octanol–water partition coefficient (Wildman–Crippen LogP) is 2.37. The second-order valence-electron chi connectivity index (χ2n) is 6.87. The second kappa shape index (κ2) is 7.05. The Morgan fingerprint density at radius 2 is 2.00 bits per heavy atom. The summed E-state index contributed by atoms with van der Waals surface area (Å²) in [5, 5.41) is 3.54. The molecule has 0 bridgehead atoms. The quantitative estimate of drug-likeness (QED) is 0.847. The van der Waals surface area contributed by atoms with Gasteiger partial charge in [-0.3, -0.25) is 0 Å². The van der Waals surface area contributed by atoms with Crippen molar-refractivity contribution in [2.75, 3.05) is 33.8 Å². The highest BCUT2D eigenvalue weighted by Gasteiger charge is 2.32. The highest BCUT2D eigenvalue weighted by atomic mass is 16.5. The van der Waals surface area contributed by atoms with Crippen LogP contribution in [0.3, 0.4) is 0 Å². The summed E-state index contributed by atoms with van der Waals surface area (Å²) >= 11 is 0. The molecule has 0 aromatic rings. The van der Waals surface area contributed by atoms with Gasteiger partial charge in [0, 0.05) is 26.2 Å². The average Bonchev–Trinajstić information content (AvgIpc) is 2.41. The zero-order valence-electron chi connectivity index (χ0n) is 13.2. The Bertz CT molecular complexity index is 271. The number of nitrogens with zero attached hydrogens (tertiary/aromatic N) is 1. The van der Waals surface area contributed by atoms with Gasteiger partial charge in [0.25, 0.3) is 0 Å². The van der Waals surface area contributed by atoms with Crippen LogP contribution in [-0.4, -0.2) is 50.8 Å². The Kier molecular flexibility index (Phi) is 5.67. The first kappa shape index (κ1) is 15.3. The van der Waals surface area contributed by atoms with E-state index in [4.69, 9.17) is 4.74 Å². The van der Waals surface area contributed by atoms with E-state index < -0.39 is 0 Å². The smallest absolute Gasteiger partial charge is 0.0724 e. The van der Waals surface area contributed by atoms with E-state index in [-0.39, 0.29) is 0 Å². The summed E-state index contributed by atoms with van der Waals surface area (Å²) in [6.45, 7) is 8.36. The van der Waals surface area contributed by atoms with Crippen molar-refractivity contribution in [2.45, 2.75) is 51.7 Å². The Hall–Kier alpha value is -0.120. The van der Waals surface area contributed by atoms with Gasteiger partial charge < -0.3 is 15.0 Å². The minimum atomic E-state index is 0.433. The van der Waals surface area contributed by atoms with Crippen LogP contribution >= 0.6 is 0 Å². The summed E-state index contributed by atoms with van der Waals surface area (Å²) in [5.74, 6) is 2.43. The monoisotopic (exact) mass is 268 g/mol. The van der Waals surface area contributed by atoms with E-state index in [2.05, 4.69) is 31.1 Å². The van der Waals surface area contributed by atoms with E-state index in [1.54, 1.807) is 0 Å². The Morgan fingerprint density at radius 3 is 2.68 bits per heavy atom. The van der Waals surface area contributed by atoms with Crippen LogP contribution in [0.5, 0.6) is 0 Å². The van der Waals surface area contributed by atoms with Gasteiger partial charge in [-0.05, 0) is 57.0 Å². The highest BCUT2D eigenvalue weighted by Crippen LogP contribution is 2.30. The Morgan fingerprint density at radius 1 is 1.21 bits per heavy atom. The summed E-state index contributed by atoms with van der Waals surface area (Å²) in [7, 11) is 3.99. The third-order valence-corrected chi connectivity index (χ3v) is 5.38. The molecule has 1 aliphatic carbocycles. The van der Waals surface area contributed by atoms with Crippen LogP contribution in [0, 0.1) is 17.8 Å². The number of hydrogen-bond acceptors (Lipinski definition) is 3. The number of ether oxygens (including phenoxy) is 1. The molecule has 5 atom stereocenters. The molecule has 0 radical (unpaired) electrons. The average molecular weight is 268 g/mol. The lowest BCUT2D eigenvalue weighted by Crippen LogP contribution is -2.49. The lowest BCUT2D eigenvalue weighted by molar-refractivity contribution is -0.0136. The molecule has 0 aromatic heterocycles. The van der Waals surface area contributed by atoms with Gasteiger partial charge in [-0.15, -0.1) is 0 Å². The van der Waals surface area contributed by atoms with E-state index in [1.165, 1.54) is 38.8 Å². The molecule has 2 aliphatic rings. The van der Waals surface area contributed by atoms with Crippen molar-refractivity contribution in [3.8, 4) is 0 Å². The molecule has 1 heterocycles.